The number of amides is 4. The summed E-state index contributed by atoms with van der Waals surface area (Å²) in [6.45, 7) is 5.45. The van der Waals surface area contributed by atoms with Gasteiger partial charge in [-0.2, -0.15) is 0 Å². The van der Waals surface area contributed by atoms with Crippen molar-refractivity contribution in [3.63, 3.8) is 0 Å². The average Bonchev–Trinajstić information content (AvgIpc) is 3.34. The van der Waals surface area contributed by atoms with Crippen molar-refractivity contribution in [2.45, 2.75) is 37.1 Å². The van der Waals surface area contributed by atoms with E-state index in [2.05, 4.69) is 5.32 Å². The summed E-state index contributed by atoms with van der Waals surface area (Å²) in [7, 11) is 0. The quantitative estimate of drug-likeness (QED) is 0.632. The molecule has 5 fully saturated rings. The van der Waals surface area contributed by atoms with Crippen LogP contribution in [0.15, 0.2) is 0 Å². The zero-order valence-corrected chi connectivity index (χ0v) is 12.9. The highest BCUT2D eigenvalue weighted by atomic mass is 16.6. The molecule has 1 N–H and O–H groups in total. The molecule has 23 heavy (non-hydrogen) atoms. The summed E-state index contributed by atoms with van der Waals surface area (Å²) >= 11 is 0. The molecule has 5 rings (SSSR count). The maximum Gasteiger partial charge on any atom is 0.323 e. The fraction of sp³-hybridized carbons (Fsp3) is 0.857. The van der Waals surface area contributed by atoms with Crippen LogP contribution in [0, 0.1) is 0 Å². The maximum absolute atomic E-state index is 12.9. The van der Waals surface area contributed by atoms with Crippen molar-refractivity contribution < 1.29 is 23.8 Å². The molecule has 5 atom stereocenters. The van der Waals surface area contributed by atoms with Gasteiger partial charge in [0.2, 0.25) is 0 Å². The SMILES string of the molecule is CC12NC(=O)N(CC3CO3)C1N(CC1CO1)C(=O)N2CC1CO1. The third kappa shape index (κ3) is 2.18. The van der Waals surface area contributed by atoms with Crippen LogP contribution < -0.4 is 5.32 Å². The van der Waals surface area contributed by atoms with Gasteiger partial charge < -0.3 is 19.5 Å². The highest BCUT2D eigenvalue weighted by molar-refractivity contribution is 5.86. The van der Waals surface area contributed by atoms with Gasteiger partial charge in [0.1, 0.15) is 0 Å². The van der Waals surface area contributed by atoms with E-state index in [0.29, 0.717) is 39.5 Å². The lowest BCUT2D eigenvalue weighted by Gasteiger charge is -2.33. The third-order valence-corrected chi connectivity index (χ3v) is 5.15. The van der Waals surface area contributed by atoms with Crippen LogP contribution in [0.2, 0.25) is 0 Å². The fourth-order valence-electron chi connectivity index (χ4n) is 3.70. The number of carbonyl (C=O) groups is 2. The molecule has 5 aliphatic rings. The number of carbonyl (C=O) groups excluding carboxylic acids is 2. The Morgan fingerprint density at radius 2 is 1.52 bits per heavy atom. The molecule has 0 aliphatic carbocycles. The van der Waals surface area contributed by atoms with E-state index in [1.54, 1.807) is 14.7 Å². The Kier molecular flexibility index (Phi) is 2.70. The van der Waals surface area contributed by atoms with Crippen molar-refractivity contribution in [1.29, 1.82) is 0 Å². The molecule has 4 amide bonds. The van der Waals surface area contributed by atoms with E-state index in [9.17, 15) is 9.59 Å². The predicted octanol–water partition coefficient (Wildman–Crippen LogP) is -1.01. The Hall–Kier alpha value is -1.58. The van der Waals surface area contributed by atoms with Gasteiger partial charge in [0.15, 0.2) is 11.8 Å². The average molecular weight is 324 g/mol. The number of nitrogens with one attached hydrogen (secondary N) is 1. The minimum Gasteiger partial charge on any atom is -0.371 e. The summed E-state index contributed by atoms with van der Waals surface area (Å²) in [4.78, 5) is 30.7. The van der Waals surface area contributed by atoms with Gasteiger partial charge in [0.25, 0.3) is 0 Å². The van der Waals surface area contributed by atoms with E-state index in [1.165, 1.54) is 0 Å². The summed E-state index contributed by atoms with van der Waals surface area (Å²) in [5.41, 5.74) is -0.746. The molecule has 5 saturated heterocycles. The molecule has 9 heteroatoms. The van der Waals surface area contributed by atoms with Gasteiger partial charge in [-0.1, -0.05) is 0 Å². The normalized spacial score (nSPS) is 43.8. The van der Waals surface area contributed by atoms with E-state index in [4.69, 9.17) is 14.2 Å². The smallest absolute Gasteiger partial charge is 0.323 e. The molecule has 0 aromatic rings. The Morgan fingerprint density at radius 3 is 2.09 bits per heavy atom. The lowest BCUT2D eigenvalue weighted by Crippen LogP contribution is -2.57. The van der Waals surface area contributed by atoms with Gasteiger partial charge in [-0.05, 0) is 6.92 Å². The second kappa shape index (κ2) is 4.49. The maximum atomic E-state index is 12.9. The van der Waals surface area contributed by atoms with Crippen LogP contribution in [0.4, 0.5) is 9.59 Å². The molecule has 126 valence electrons. The summed E-state index contributed by atoms with van der Waals surface area (Å²) in [5, 5.41) is 3.01. The van der Waals surface area contributed by atoms with E-state index in [0.717, 1.165) is 0 Å². The van der Waals surface area contributed by atoms with Gasteiger partial charge in [-0.25, -0.2) is 9.59 Å². The van der Waals surface area contributed by atoms with Gasteiger partial charge in [-0.15, -0.1) is 0 Å². The van der Waals surface area contributed by atoms with Gasteiger partial charge in [0, 0.05) is 0 Å². The van der Waals surface area contributed by atoms with Crippen LogP contribution in [0.3, 0.4) is 0 Å². The second-order valence-corrected chi connectivity index (χ2v) is 7.02. The number of hydrogen-bond acceptors (Lipinski definition) is 5. The van der Waals surface area contributed by atoms with Crippen LogP contribution in [0.25, 0.3) is 0 Å². The Labute approximate surface area is 133 Å². The number of ether oxygens (including phenoxy) is 3. The van der Waals surface area contributed by atoms with Crippen LogP contribution in [-0.4, -0.2) is 96.4 Å². The molecule has 0 spiro atoms. The lowest BCUT2D eigenvalue weighted by atomic mass is 10.1. The first-order valence-corrected chi connectivity index (χ1v) is 8.08. The number of nitrogens with zero attached hydrogens (tertiary/aromatic N) is 3. The molecule has 0 radical (unpaired) electrons. The van der Waals surface area contributed by atoms with E-state index >= 15 is 0 Å². The molecule has 5 heterocycles. The molecule has 0 aromatic carbocycles. The number of fused-ring (bicyclic) bond motifs is 1. The number of epoxide rings is 3. The molecule has 0 saturated carbocycles. The van der Waals surface area contributed by atoms with Crippen LogP contribution in [0.5, 0.6) is 0 Å². The van der Waals surface area contributed by atoms with Crippen LogP contribution >= 0.6 is 0 Å². The molecule has 9 nitrogen and oxygen atoms in total. The number of hydrogen-bond donors (Lipinski definition) is 1. The summed E-state index contributed by atoms with van der Waals surface area (Å²) in [6.07, 6.45) is -0.103. The summed E-state index contributed by atoms with van der Waals surface area (Å²) < 4.78 is 15.9. The minimum atomic E-state index is -0.746. The summed E-state index contributed by atoms with van der Waals surface area (Å²) in [5.74, 6) is 0. The van der Waals surface area contributed by atoms with Gasteiger partial charge >= 0.3 is 12.1 Å². The van der Waals surface area contributed by atoms with Crippen molar-refractivity contribution in [2.75, 3.05) is 39.5 Å². The van der Waals surface area contributed by atoms with Crippen molar-refractivity contribution in [2.24, 2.45) is 0 Å². The van der Waals surface area contributed by atoms with E-state index in [1.807, 2.05) is 6.92 Å². The third-order valence-electron chi connectivity index (χ3n) is 5.15. The number of rotatable bonds is 6. The first-order valence-electron chi connectivity index (χ1n) is 8.08. The fourth-order valence-corrected chi connectivity index (χ4v) is 3.70. The summed E-state index contributed by atoms with van der Waals surface area (Å²) in [6, 6.07) is -0.214. The van der Waals surface area contributed by atoms with Crippen molar-refractivity contribution in [3.8, 4) is 0 Å². The molecular weight excluding hydrogens is 304 g/mol. The molecule has 0 aromatic heterocycles. The first-order chi connectivity index (χ1) is 11.1. The highest BCUT2D eigenvalue weighted by Gasteiger charge is 2.64. The van der Waals surface area contributed by atoms with Crippen LogP contribution in [-0.2, 0) is 14.2 Å². The van der Waals surface area contributed by atoms with Gasteiger partial charge in [-0.3, -0.25) is 14.7 Å². The topological polar surface area (TPSA) is 93.5 Å². The van der Waals surface area contributed by atoms with Gasteiger partial charge in [0.05, 0.1) is 57.8 Å². The second-order valence-electron chi connectivity index (χ2n) is 7.02. The van der Waals surface area contributed by atoms with Crippen LogP contribution in [0.1, 0.15) is 6.92 Å². The Morgan fingerprint density at radius 1 is 1.00 bits per heavy atom. The molecule has 0 bridgehead atoms. The minimum absolute atomic E-state index is 0.0646. The monoisotopic (exact) mass is 324 g/mol. The standard InChI is InChI=1S/C14H20N4O5/c1-14-11(16(12(19)15-14)2-8-5-21-8)17(3-9-6-22-9)13(20)18(14)4-10-7-23-10/h8-11H,2-7H2,1H3,(H,15,19). The highest BCUT2D eigenvalue weighted by Crippen LogP contribution is 2.39. The zero-order chi connectivity index (χ0) is 15.8. The Balaban J connectivity index is 1.46. The zero-order valence-electron chi connectivity index (χ0n) is 12.9. The first kappa shape index (κ1) is 13.8. The largest absolute Gasteiger partial charge is 0.371 e. The van der Waals surface area contributed by atoms with E-state index < -0.39 is 5.66 Å². The van der Waals surface area contributed by atoms with Crippen molar-refractivity contribution in [1.82, 2.24) is 20.0 Å². The van der Waals surface area contributed by atoms with Crippen molar-refractivity contribution in [3.05, 3.63) is 0 Å². The van der Waals surface area contributed by atoms with Crippen molar-refractivity contribution >= 4 is 12.1 Å². The molecule has 5 aliphatic heterocycles. The molecular formula is C14H20N4O5. The Bertz CT molecular complexity index is 561. The predicted molar refractivity (Wildman–Crippen MR) is 75.5 cm³/mol. The lowest BCUT2D eigenvalue weighted by molar-refractivity contribution is 0.0831. The van der Waals surface area contributed by atoms with E-state index in [-0.39, 0.29) is 36.5 Å². The number of urea groups is 2. The molecule has 5 unspecified atom stereocenters.